The second-order valence-electron chi connectivity index (χ2n) is 9.72. The fraction of sp³-hybridized carbons (Fsp3) is 0.480. The average molecular weight is 593 g/mol. The van der Waals surface area contributed by atoms with Gasteiger partial charge in [-0.05, 0) is 56.2 Å². The highest BCUT2D eigenvalue weighted by atomic mass is 32.2. The van der Waals surface area contributed by atoms with E-state index in [2.05, 4.69) is 0 Å². The molecular weight excluding hydrogens is 564 g/mol. The maximum absolute atomic E-state index is 14.9. The van der Waals surface area contributed by atoms with Crippen LogP contribution in [0.4, 0.5) is 23.2 Å². The van der Waals surface area contributed by atoms with Crippen molar-refractivity contribution in [3.05, 3.63) is 47.8 Å². The molecule has 1 amide bonds. The van der Waals surface area contributed by atoms with Gasteiger partial charge in [-0.2, -0.15) is 13.2 Å². The lowest BCUT2D eigenvalue weighted by Gasteiger charge is -2.36. The number of anilines is 1. The minimum Gasteiger partial charge on any atom is -0.480 e. The van der Waals surface area contributed by atoms with Crippen LogP contribution in [0.5, 0.6) is 5.75 Å². The number of carbonyl (C=O) groups is 1. The van der Waals surface area contributed by atoms with E-state index in [0.29, 0.717) is 12.8 Å². The topological polar surface area (TPSA) is 101 Å². The summed E-state index contributed by atoms with van der Waals surface area (Å²) in [5.74, 6) is -1.85. The average Bonchev–Trinajstić information content (AvgIpc) is 2.81. The number of piperazine rings is 1. The van der Waals surface area contributed by atoms with Gasteiger partial charge >= 0.3 is 6.18 Å². The van der Waals surface area contributed by atoms with Crippen molar-refractivity contribution in [2.75, 3.05) is 37.3 Å². The van der Waals surface area contributed by atoms with Gasteiger partial charge in [-0.3, -0.25) is 4.79 Å². The fourth-order valence-electron chi connectivity index (χ4n) is 4.38. The molecule has 0 aromatic heterocycles. The number of amides is 1. The molecule has 8 nitrogen and oxygen atoms in total. The Morgan fingerprint density at radius 2 is 1.59 bits per heavy atom. The van der Waals surface area contributed by atoms with Gasteiger partial charge in [0, 0.05) is 32.4 Å². The first-order valence-corrected chi connectivity index (χ1v) is 15.7. The molecule has 2 fully saturated rings. The van der Waals surface area contributed by atoms with Crippen molar-refractivity contribution >= 4 is 31.3 Å². The summed E-state index contributed by atoms with van der Waals surface area (Å²) in [7, 11) is -7.37. The number of hydrogen-bond donors (Lipinski definition) is 0. The number of benzene rings is 2. The first kappa shape index (κ1) is 29.1. The van der Waals surface area contributed by atoms with Crippen LogP contribution in [0.2, 0.25) is 0 Å². The second kappa shape index (κ2) is 10.6. The van der Waals surface area contributed by atoms with Crippen LogP contribution < -0.4 is 9.64 Å². The largest absolute Gasteiger partial charge is 0.480 e. The summed E-state index contributed by atoms with van der Waals surface area (Å²) in [6.45, 7) is 1.18. The molecule has 2 aromatic carbocycles. The van der Waals surface area contributed by atoms with E-state index in [1.54, 1.807) is 4.90 Å². The summed E-state index contributed by atoms with van der Waals surface area (Å²) >= 11 is 0. The molecule has 14 heteroatoms. The third kappa shape index (κ3) is 6.16. The lowest BCUT2D eigenvalue weighted by Crippen LogP contribution is -2.49. The summed E-state index contributed by atoms with van der Waals surface area (Å²) in [5, 5.41) is -0.494. The van der Waals surface area contributed by atoms with Crippen molar-refractivity contribution in [2.24, 2.45) is 0 Å². The Balaban J connectivity index is 1.51. The molecule has 0 N–H and O–H groups in total. The van der Waals surface area contributed by atoms with Gasteiger partial charge in [0.1, 0.15) is 11.6 Å². The molecule has 1 aliphatic carbocycles. The van der Waals surface area contributed by atoms with Crippen molar-refractivity contribution in [1.82, 2.24) is 4.90 Å². The molecule has 0 spiro atoms. The van der Waals surface area contributed by atoms with Gasteiger partial charge in [-0.25, -0.2) is 21.2 Å². The number of ether oxygens (including phenoxy) is 1. The minimum atomic E-state index is -4.71. The summed E-state index contributed by atoms with van der Waals surface area (Å²) in [6.07, 6.45) is -4.12. The van der Waals surface area contributed by atoms with Gasteiger partial charge in [0.25, 0.3) is 5.91 Å². The molecule has 1 saturated heterocycles. The summed E-state index contributed by atoms with van der Waals surface area (Å²) in [5.41, 5.74) is -0.170. The summed E-state index contributed by atoms with van der Waals surface area (Å²) < 4.78 is 108. The van der Waals surface area contributed by atoms with Crippen LogP contribution >= 0.6 is 0 Å². The summed E-state index contributed by atoms with van der Waals surface area (Å²) in [4.78, 5) is 15.9. The van der Waals surface area contributed by atoms with Crippen LogP contribution in [-0.2, 0) is 19.7 Å². The Labute approximate surface area is 224 Å². The number of sulfone groups is 2. The van der Waals surface area contributed by atoms with Gasteiger partial charge < -0.3 is 14.5 Å². The van der Waals surface area contributed by atoms with Gasteiger partial charge in [0.2, 0.25) is 0 Å². The highest BCUT2D eigenvalue weighted by molar-refractivity contribution is 7.92. The second-order valence-corrected chi connectivity index (χ2v) is 14.0. The standard InChI is InChI=1S/C25H28F4N2O6S2/c1-16(25(27,28)29)37-23-9-7-18(38(2,33)34)14-20(23)24(32)31-12-10-30(11-13-31)22-8-6-19(15-21(22)26)39(35,36)17-4-3-5-17/h6-9,14-17H,3-5,10-13H2,1-2H3. The molecule has 1 heterocycles. The van der Waals surface area contributed by atoms with Crippen LogP contribution in [0.25, 0.3) is 0 Å². The number of alkyl halides is 3. The van der Waals surface area contributed by atoms with E-state index in [4.69, 9.17) is 4.74 Å². The quantitative estimate of drug-likeness (QED) is 0.451. The molecule has 1 unspecified atom stereocenters. The predicted octanol–water partition coefficient (Wildman–Crippen LogP) is 3.85. The van der Waals surface area contributed by atoms with Crippen molar-refractivity contribution in [2.45, 2.75) is 53.5 Å². The number of halogens is 4. The lowest BCUT2D eigenvalue weighted by molar-refractivity contribution is -0.189. The highest BCUT2D eigenvalue weighted by Gasteiger charge is 2.39. The van der Waals surface area contributed by atoms with Crippen molar-refractivity contribution in [1.29, 1.82) is 0 Å². The predicted molar refractivity (Wildman–Crippen MR) is 135 cm³/mol. The molecule has 4 rings (SSSR count). The van der Waals surface area contributed by atoms with E-state index in [9.17, 15) is 39.2 Å². The normalized spacial score (nSPS) is 18.0. The number of rotatable bonds is 7. The van der Waals surface area contributed by atoms with E-state index < -0.39 is 54.7 Å². The van der Waals surface area contributed by atoms with Gasteiger partial charge in [-0.15, -0.1) is 0 Å². The van der Waals surface area contributed by atoms with E-state index in [-0.39, 0.29) is 47.2 Å². The highest BCUT2D eigenvalue weighted by Crippen LogP contribution is 2.34. The molecule has 0 radical (unpaired) electrons. The maximum atomic E-state index is 14.9. The number of nitrogens with zero attached hydrogens (tertiary/aromatic N) is 2. The SMILES string of the molecule is CC(Oc1ccc(S(C)(=O)=O)cc1C(=O)N1CCN(c2ccc(S(=O)(=O)C3CCC3)cc2F)CC1)C(F)(F)F. The van der Waals surface area contributed by atoms with E-state index in [0.717, 1.165) is 43.9 Å². The Morgan fingerprint density at radius 3 is 2.10 bits per heavy atom. The van der Waals surface area contributed by atoms with Crippen LogP contribution in [-0.4, -0.2) is 77.6 Å². The minimum absolute atomic E-state index is 0.0533. The van der Waals surface area contributed by atoms with E-state index >= 15 is 0 Å². The van der Waals surface area contributed by atoms with Crippen molar-refractivity contribution in [3.63, 3.8) is 0 Å². The molecule has 1 saturated carbocycles. The Morgan fingerprint density at radius 1 is 0.974 bits per heavy atom. The molecule has 1 atom stereocenters. The van der Waals surface area contributed by atoms with Gasteiger partial charge in [0.15, 0.2) is 25.8 Å². The molecule has 2 aliphatic rings. The molecule has 2 aromatic rings. The first-order chi connectivity index (χ1) is 18.1. The zero-order valence-electron chi connectivity index (χ0n) is 21.2. The van der Waals surface area contributed by atoms with Crippen LogP contribution in [0.3, 0.4) is 0 Å². The third-order valence-electron chi connectivity index (χ3n) is 7.02. The number of carbonyl (C=O) groups excluding carboxylic acids is 1. The lowest BCUT2D eigenvalue weighted by atomic mass is 10.00. The molecule has 39 heavy (non-hydrogen) atoms. The third-order valence-corrected chi connectivity index (χ3v) is 10.4. The van der Waals surface area contributed by atoms with Gasteiger partial charge in [-0.1, -0.05) is 6.42 Å². The molecule has 0 bridgehead atoms. The zero-order chi connectivity index (χ0) is 28.8. The van der Waals surface area contributed by atoms with E-state index in [1.165, 1.54) is 17.0 Å². The van der Waals surface area contributed by atoms with Crippen molar-refractivity contribution in [3.8, 4) is 5.75 Å². The fourth-order valence-corrected chi connectivity index (χ4v) is 6.89. The van der Waals surface area contributed by atoms with E-state index in [1.807, 2.05) is 0 Å². The Hall–Kier alpha value is -2.87. The van der Waals surface area contributed by atoms with Gasteiger partial charge in [0.05, 0.1) is 26.3 Å². The summed E-state index contributed by atoms with van der Waals surface area (Å²) in [6, 6.07) is 6.84. The smallest absolute Gasteiger partial charge is 0.425 e. The monoisotopic (exact) mass is 592 g/mol. The van der Waals surface area contributed by atoms with Crippen LogP contribution in [0, 0.1) is 5.82 Å². The van der Waals surface area contributed by atoms with Crippen LogP contribution in [0.15, 0.2) is 46.2 Å². The van der Waals surface area contributed by atoms with Crippen molar-refractivity contribution < 1.29 is 43.9 Å². The Bertz CT molecular complexity index is 1470. The maximum Gasteiger partial charge on any atom is 0.425 e. The number of hydrogen-bond acceptors (Lipinski definition) is 7. The molecule has 214 valence electrons. The first-order valence-electron chi connectivity index (χ1n) is 12.2. The van der Waals surface area contributed by atoms with Crippen LogP contribution in [0.1, 0.15) is 36.5 Å². The Kier molecular flexibility index (Phi) is 7.92. The molecule has 1 aliphatic heterocycles. The zero-order valence-corrected chi connectivity index (χ0v) is 22.9. The molecular formula is C25H28F4N2O6S2.